The summed E-state index contributed by atoms with van der Waals surface area (Å²) in [7, 11) is 0. The molecule has 0 N–H and O–H groups in total. The molecular weight excluding hydrogens is 583 g/mol. The number of benzene rings is 3. The number of hydrogen-bond donors (Lipinski definition) is 0. The van der Waals surface area contributed by atoms with Gasteiger partial charge in [-0.3, -0.25) is 0 Å². The van der Waals surface area contributed by atoms with Crippen molar-refractivity contribution in [2.24, 2.45) is 0 Å². The minimum atomic E-state index is -3.63. The summed E-state index contributed by atoms with van der Waals surface area (Å²) in [5, 5.41) is 0. The Kier molecular flexibility index (Phi) is 9.81. The van der Waals surface area contributed by atoms with Crippen molar-refractivity contribution in [2.75, 3.05) is 19.8 Å². The van der Waals surface area contributed by atoms with Crippen LogP contribution >= 0.6 is 19.2 Å². The fourth-order valence-corrected chi connectivity index (χ4v) is 8.66. The Bertz CT molecular complexity index is 902. The zero-order valence-electron chi connectivity index (χ0n) is 21.9. The first-order valence-corrected chi connectivity index (χ1v) is 19.2. The van der Waals surface area contributed by atoms with Gasteiger partial charge in [-0.15, -0.1) is 0 Å². The molecule has 0 unspecified atom stereocenters. The zero-order valence-corrected chi connectivity index (χ0v) is 25.6. The first-order valence-electron chi connectivity index (χ1n) is 12.2. The molecule has 0 aliphatic heterocycles. The van der Waals surface area contributed by atoms with Gasteiger partial charge in [0.2, 0.25) is 0 Å². The fourth-order valence-electron chi connectivity index (χ4n) is 3.84. The third kappa shape index (κ3) is 8.24. The summed E-state index contributed by atoms with van der Waals surface area (Å²) in [5.41, 5.74) is 3.28. The van der Waals surface area contributed by atoms with Crippen LogP contribution in [-0.4, -0.2) is 19.8 Å². The second-order valence-electron chi connectivity index (χ2n) is 11.1. The van der Waals surface area contributed by atoms with Crippen LogP contribution in [0.4, 0.5) is 0 Å². The van der Waals surface area contributed by atoms with Gasteiger partial charge in [0.25, 0.3) is 0 Å². The predicted molar refractivity (Wildman–Crippen MR) is 150 cm³/mol. The molecule has 0 saturated heterocycles. The molecule has 0 aliphatic carbocycles. The molecule has 0 radical (unpaired) electrons. The normalized spacial score (nSPS) is 13.1. The number of hydrogen-bond acceptors (Lipinski definition) is 3. The average molecular weight is 622 g/mol. The zero-order chi connectivity index (χ0) is 25.6. The van der Waals surface area contributed by atoms with E-state index in [1.54, 1.807) is 0 Å². The van der Waals surface area contributed by atoms with Gasteiger partial charge in [0, 0.05) is 0 Å². The van der Waals surface area contributed by atoms with Crippen LogP contribution in [0.3, 0.4) is 0 Å². The molecule has 0 heterocycles. The van der Waals surface area contributed by atoms with Crippen LogP contribution in [0.1, 0.15) is 58.2 Å². The summed E-state index contributed by atoms with van der Waals surface area (Å²) in [4.78, 5) is 0. The first-order chi connectivity index (χ1) is 16.4. The molecule has 0 saturated carbocycles. The van der Waals surface area contributed by atoms with Gasteiger partial charge in [-0.1, -0.05) is 0 Å². The van der Waals surface area contributed by atoms with Gasteiger partial charge in [-0.25, -0.2) is 0 Å². The molecule has 5 heteroatoms. The van der Waals surface area contributed by atoms with E-state index in [1.807, 2.05) is 18.2 Å². The first kappa shape index (κ1) is 28.6. The van der Waals surface area contributed by atoms with E-state index >= 15 is 0 Å². The summed E-state index contributed by atoms with van der Waals surface area (Å²) in [6.07, 6.45) is 0. The standard InChI is InChI=1S/3C10H13O.HI.Ti/c3*1-10(2,8-11)9-6-4-3-5-7-9;;/h3*3-7H,8H2,1-2H3;1H;/q3*-1;;+4/p-1. The van der Waals surface area contributed by atoms with E-state index in [-0.39, 0.29) is 16.2 Å². The van der Waals surface area contributed by atoms with Crippen molar-refractivity contribution in [2.45, 2.75) is 57.8 Å². The Morgan fingerprint density at radius 1 is 0.486 bits per heavy atom. The Morgan fingerprint density at radius 2 is 0.714 bits per heavy atom. The van der Waals surface area contributed by atoms with Crippen molar-refractivity contribution in [1.29, 1.82) is 0 Å². The van der Waals surface area contributed by atoms with Gasteiger partial charge in [-0.2, -0.15) is 0 Å². The van der Waals surface area contributed by atoms with Crippen molar-refractivity contribution in [3.8, 4) is 0 Å². The Labute approximate surface area is 227 Å². The van der Waals surface area contributed by atoms with Crippen LogP contribution in [0.15, 0.2) is 91.0 Å². The average Bonchev–Trinajstić information content (AvgIpc) is 2.87. The summed E-state index contributed by atoms with van der Waals surface area (Å²) in [5.74, 6) is 0. The molecule has 0 atom stereocenters. The van der Waals surface area contributed by atoms with Gasteiger partial charge in [0.05, 0.1) is 0 Å². The Morgan fingerprint density at radius 3 is 0.943 bits per heavy atom. The molecule has 3 aromatic carbocycles. The van der Waals surface area contributed by atoms with Crippen molar-refractivity contribution in [3.05, 3.63) is 108 Å². The molecule has 0 spiro atoms. The predicted octanol–water partition coefficient (Wildman–Crippen LogP) is 8.22. The molecule has 35 heavy (non-hydrogen) atoms. The maximum atomic E-state index is 6.64. The SMILES string of the molecule is CC(C)(C[O][Ti]([I])([O]CC(C)(C)c1ccccc1)[O]CC(C)(C)c1ccccc1)c1ccccc1. The molecule has 188 valence electrons. The van der Waals surface area contributed by atoms with Crippen LogP contribution in [-0.2, 0) is 40.2 Å². The fraction of sp³-hybridized carbons (Fsp3) is 0.400. The minimum absolute atomic E-state index is 0.153. The van der Waals surface area contributed by atoms with Gasteiger partial charge >= 0.3 is 228 Å². The van der Waals surface area contributed by atoms with Gasteiger partial charge < -0.3 is 0 Å². The van der Waals surface area contributed by atoms with E-state index in [2.05, 4.69) is 134 Å². The molecule has 0 aliphatic rings. The molecule has 0 bridgehead atoms. The van der Waals surface area contributed by atoms with Crippen molar-refractivity contribution in [3.63, 3.8) is 0 Å². The van der Waals surface area contributed by atoms with Gasteiger partial charge in [0.15, 0.2) is 0 Å². The summed E-state index contributed by atoms with van der Waals surface area (Å²) >= 11 is -1.26. The van der Waals surface area contributed by atoms with E-state index < -0.39 is 14.0 Å². The van der Waals surface area contributed by atoms with Crippen LogP contribution < -0.4 is 0 Å². The second-order valence-corrected chi connectivity index (χ2v) is 19.4. The van der Waals surface area contributed by atoms with E-state index in [4.69, 9.17) is 9.96 Å². The van der Waals surface area contributed by atoms with Crippen molar-refractivity contribution < 1.29 is 24.0 Å². The number of halogens is 1. The van der Waals surface area contributed by atoms with Gasteiger partial charge in [0.1, 0.15) is 0 Å². The Hall–Kier alpha value is -1.02. The van der Waals surface area contributed by atoms with E-state index in [1.165, 1.54) is 16.7 Å². The molecule has 0 aromatic heterocycles. The molecule has 3 rings (SSSR count). The molecule has 3 aromatic rings. The monoisotopic (exact) mass is 622 g/mol. The third-order valence-corrected chi connectivity index (χ3v) is 12.6. The molecular formula is C30H39IO3Ti. The van der Waals surface area contributed by atoms with Crippen LogP contribution in [0.5, 0.6) is 0 Å². The second kappa shape index (κ2) is 12.0. The summed E-state index contributed by atoms with van der Waals surface area (Å²) in [6.45, 7) is 14.9. The van der Waals surface area contributed by atoms with E-state index in [9.17, 15) is 0 Å². The van der Waals surface area contributed by atoms with Crippen molar-refractivity contribution in [1.82, 2.24) is 0 Å². The topological polar surface area (TPSA) is 27.7 Å². The quantitative estimate of drug-likeness (QED) is 0.151. The van der Waals surface area contributed by atoms with Gasteiger partial charge in [-0.05, 0) is 0 Å². The summed E-state index contributed by atoms with van der Waals surface area (Å²) < 4.78 is 19.9. The Balaban J connectivity index is 1.77. The molecule has 0 fully saturated rings. The van der Waals surface area contributed by atoms with Crippen LogP contribution in [0.2, 0.25) is 0 Å². The van der Waals surface area contributed by atoms with E-state index in [0.717, 1.165) is 0 Å². The number of rotatable bonds is 12. The van der Waals surface area contributed by atoms with Crippen molar-refractivity contribution >= 4 is 19.2 Å². The maximum absolute atomic E-state index is 6.64. The van der Waals surface area contributed by atoms with Crippen LogP contribution in [0.25, 0.3) is 0 Å². The molecule has 0 amide bonds. The third-order valence-electron chi connectivity index (χ3n) is 6.48. The molecule has 3 nitrogen and oxygen atoms in total. The van der Waals surface area contributed by atoms with E-state index in [0.29, 0.717) is 19.8 Å². The van der Waals surface area contributed by atoms with Crippen LogP contribution in [0, 0.1) is 0 Å². The summed E-state index contributed by atoms with van der Waals surface area (Å²) in [6, 6.07) is 31.5.